The lowest BCUT2D eigenvalue weighted by molar-refractivity contribution is 0.515. The van der Waals surface area contributed by atoms with E-state index < -0.39 is 0 Å². The minimum atomic E-state index is -0.282. The van der Waals surface area contributed by atoms with Gasteiger partial charge in [-0.25, -0.2) is 4.98 Å². The first-order chi connectivity index (χ1) is 16.7. The van der Waals surface area contributed by atoms with E-state index in [-0.39, 0.29) is 17.2 Å². The summed E-state index contributed by atoms with van der Waals surface area (Å²) < 4.78 is 7.67. The minimum Gasteiger partial charge on any atom is -0.440 e. The predicted octanol–water partition coefficient (Wildman–Crippen LogP) is 3.68. The molecule has 2 N–H and O–H groups in total. The van der Waals surface area contributed by atoms with Crippen molar-refractivity contribution in [2.45, 2.75) is 31.7 Å². The molecule has 3 aromatic heterocycles. The van der Waals surface area contributed by atoms with Gasteiger partial charge in [-0.15, -0.1) is 0 Å². The molecule has 4 aromatic rings. The Kier molecular flexibility index (Phi) is 5.15. The summed E-state index contributed by atoms with van der Waals surface area (Å²) in [6.07, 6.45) is 5.62. The van der Waals surface area contributed by atoms with Crippen LogP contribution < -0.4 is 21.1 Å². The molecule has 2 aliphatic rings. The second-order valence-corrected chi connectivity index (χ2v) is 8.95. The monoisotopic (exact) mass is 455 g/mol. The van der Waals surface area contributed by atoms with E-state index in [1.165, 1.54) is 5.69 Å². The van der Waals surface area contributed by atoms with Crippen molar-refractivity contribution in [1.82, 2.24) is 19.9 Å². The van der Waals surface area contributed by atoms with E-state index in [0.717, 1.165) is 62.8 Å². The fourth-order valence-corrected chi connectivity index (χ4v) is 5.08. The van der Waals surface area contributed by atoms with Gasteiger partial charge in [0.1, 0.15) is 22.9 Å². The first-order valence-electron chi connectivity index (χ1n) is 11.8. The first kappa shape index (κ1) is 20.7. The zero-order valence-corrected chi connectivity index (χ0v) is 18.8. The molecule has 2 fully saturated rings. The number of hydrogen-bond acceptors (Lipinski definition) is 8. The highest BCUT2D eigenvalue weighted by Gasteiger charge is 2.23. The maximum absolute atomic E-state index is 13.0. The van der Waals surface area contributed by atoms with Crippen molar-refractivity contribution in [1.29, 1.82) is 5.26 Å². The Bertz CT molecular complexity index is 1470. The number of benzene rings is 1. The summed E-state index contributed by atoms with van der Waals surface area (Å²) in [5.41, 5.74) is 2.35. The fourth-order valence-electron chi connectivity index (χ4n) is 5.08. The summed E-state index contributed by atoms with van der Waals surface area (Å²) in [6.45, 7) is 3.93. The highest BCUT2D eigenvalue weighted by atomic mass is 16.3. The maximum atomic E-state index is 13.0. The Hall–Kier alpha value is -3.90. The van der Waals surface area contributed by atoms with Gasteiger partial charge in [0, 0.05) is 60.9 Å². The van der Waals surface area contributed by atoms with E-state index in [2.05, 4.69) is 37.6 Å². The average molecular weight is 456 g/mol. The third kappa shape index (κ3) is 3.66. The van der Waals surface area contributed by atoms with Crippen LogP contribution in [-0.4, -0.2) is 40.7 Å². The Morgan fingerprint density at radius 3 is 2.74 bits per heavy atom. The van der Waals surface area contributed by atoms with E-state index in [4.69, 9.17) is 4.42 Å². The van der Waals surface area contributed by atoms with Crippen LogP contribution >= 0.6 is 0 Å². The number of nitrogens with zero attached hydrogens (tertiary/aromatic N) is 5. The predicted molar refractivity (Wildman–Crippen MR) is 131 cm³/mol. The summed E-state index contributed by atoms with van der Waals surface area (Å²) >= 11 is 0. The average Bonchev–Trinajstić information content (AvgIpc) is 3.53. The molecule has 9 heteroatoms. The molecule has 9 nitrogen and oxygen atoms in total. The Balaban J connectivity index is 1.35. The number of nitrogens with one attached hydrogen (secondary N) is 2. The number of anilines is 3. The largest absolute Gasteiger partial charge is 0.440 e. The van der Waals surface area contributed by atoms with Crippen molar-refractivity contribution in [3.8, 4) is 6.07 Å². The van der Waals surface area contributed by atoms with Crippen LogP contribution in [0.5, 0.6) is 0 Å². The van der Waals surface area contributed by atoms with Gasteiger partial charge < -0.3 is 14.6 Å². The van der Waals surface area contributed by atoms with Crippen LogP contribution in [0.15, 0.2) is 45.7 Å². The van der Waals surface area contributed by atoms with Crippen molar-refractivity contribution in [3.63, 3.8) is 0 Å². The van der Waals surface area contributed by atoms with Crippen LogP contribution in [-0.2, 0) is 0 Å². The third-order valence-corrected chi connectivity index (χ3v) is 6.80. The molecule has 0 amide bonds. The van der Waals surface area contributed by atoms with Crippen molar-refractivity contribution >= 4 is 39.5 Å². The lowest BCUT2D eigenvalue weighted by Gasteiger charge is -2.29. The lowest BCUT2D eigenvalue weighted by atomic mass is 10.2. The number of pyridine rings is 1. The molecule has 0 radical (unpaired) electrons. The number of rotatable bonds is 4. The molecule has 0 atom stereocenters. The Morgan fingerprint density at radius 2 is 1.94 bits per heavy atom. The van der Waals surface area contributed by atoms with E-state index in [1.807, 2.05) is 18.2 Å². The standard InChI is InChI=1S/C25H25N7O2/c26-14-17-11-18-15-28-25(30-23(18)32(24(17)33)19-3-1-2-4-19)29-22-13-16-12-20(5-6-21(16)34-22)31-9-7-27-8-10-31/h5-6,11-13,15,19,27H,1-4,7-10H2,(H,28,29,30). The molecule has 1 aliphatic carbocycles. The first-order valence-corrected chi connectivity index (χ1v) is 11.8. The van der Waals surface area contributed by atoms with Crippen LogP contribution in [0.4, 0.5) is 17.5 Å². The van der Waals surface area contributed by atoms with E-state index >= 15 is 0 Å². The van der Waals surface area contributed by atoms with Crippen LogP contribution in [0.1, 0.15) is 37.3 Å². The van der Waals surface area contributed by atoms with Gasteiger partial charge in [0.05, 0.1) is 0 Å². The second kappa shape index (κ2) is 8.47. The van der Waals surface area contributed by atoms with Crippen LogP contribution in [0.2, 0.25) is 0 Å². The summed E-state index contributed by atoms with van der Waals surface area (Å²) in [6, 6.07) is 11.8. The molecule has 0 spiro atoms. The van der Waals surface area contributed by atoms with E-state index in [1.54, 1.807) is 16.8 Å². The van der Waals surface area contributed by atoms with Crippen LogP contribution in [0, 0.1) is 11.3 Å². The number of furan rings is 1. The van der Waals surface area contributed by atoms with Gasteiger partial charge >= 0.3 is 0 Å². The highest BCUT2D eigenvalue weighted by molar-refractivity contribution is 5.85. The SMILES string of the molecule is N#Cc1cc2cnc(Nc3cc4cc(N5CCNCC5)ccc4o3)nc2n(C2CCCC2)c1=O. The minimum absolute atomic E-state index is 0.0562. The van der Waals surface area contributed by atoms with Gasteiger partial charge in [-0.2, -0.15) is 10.2 Å². The lowest BCUT2D eigenvalue weighted by Crippen LogP contribution is -2.43. The summed E-state index contributed by atoms with van der Waals surface area (Å²) in [5.74, 6) is 0.889. The zero-order chi connectivity index (χ0) is 23.1. The van der Waals surface area contributed by atoms with Crippen molar-refractivity contribution in [2.24, 2.45) is 0 Å². The third-order valence-electron chi connectivity index (χ3n) is 6.80. The fraction of sp³-hybridized carbons (Fsp3) is 0.360. The van der Waals surface area contributed by atoms with Crippen molar-refractivity contribution < 1.29 is 4.42 Å². The molecule has 1 saturated heterocycles. The summed E-state index contributed by atoms with van der Waals surface area (Å²) in [7, 11) is 0. The highest BCUT2D eigenvalue weighted by Crippen LogP contribution is 2.32. The van der Waals surface area contributed by atoms with Crippen molar-refractivity contribution in [3.05, 3.63) is 52.4 Å². The van der Waals surface area contributed by atoms with Crippen LogP contribution in [0.3, 0.4) is 0 Å². The molecule has 0 bridgehead atoms. The molecule has 172 valence electrons. The number of hydrogen-bond donors (Lipinski definition) is 2. The van der Waals surface area contributed by atoms with Crippen LogP contribution in [0.25, 0.3) is 22.0 Å². The smallest absolute Gasteiger partial charge is 0.270 e. The quantitative estimate of drug-likeness (QED) is 0.479. The molecule has 1 aromatic carbocycles. The maximum Gasteiger partial charge on any atom is 0.270 e. The van der Waals surface area contributed by atoms with E-state index in [0.29, 0.717) is 22.9 Å². The molecular weight excluding hydrogens is 430 g/mol. The number of piperazine rings is 1. The topological polar surface area (TPSA) is 112 Å². The van der Waals surface area contributed by atoms with Gasteiger partial charge in [0.2, 0.25) is 11.8 Å². The molecule has 1 aliphatic heterocycles. The Morgan fingerprint density at radius 1 is 1.12 bits per heavy atom. The van der Waals surface area contributed by atoms with Gasteiger partial charge in [-0.3, -0.25) is 14.7 Å². The summed E-state index contributed by atoms with van der Waals surface area (Å²) in [4.78, 5) is 24.4. The molecule has 4 heterocycles. The number of aromatic nitrogens is 3. The van der Waals surface area contributed by atoms with Crippen molar-refractivity contribution in [2.75, 3.05) is 36.4 Å². The van der Waals surface area contributed by atoms with Gasteiger partial charge in [-0.05, 0) is 37.1 Å². The molecule has 1 saturated carbocycles. The summed E-state index contributed by atoms with van der Waals surface area (Å²) in [5, 5.41) is 17.6. The molecule has 34 heavy (non-hydrogen) atoms. The zero-order valence-electron chi connectivity index (χ0n) is 18.8. The number of nitriles is 1. The normalized spacial score (nSPS) is 16.9. The molecule has 6 rings (SSSR count). The van der Waals surface area contributed by atoms with Gasteiger partial charge in [0.25, 0.3) is 5.56 Å². The molecular formula is C25H25N7O2. The van der Waals surface area contributed by atoms with Gasteiger partial charge in [-0.1, -0.05) is 12.8 Å². The molecule has 0 unspecified atom stereocenters. The van der Waals surface area contributed by atoms with Gasteiger partial charge in [0.15, 0.2) is 0 Å². The van der Waals surface area contributed by atoms with E-state index in [9.17, 15) is 10.1 Å². The Labute approximate surface area is 196 Å². The second-order valence-electron chi connectivity index (χ2n) is 8.95. The number of fused-ring (bicyclic) bond motifs is 2.